The van der Waals surface area contributed by atoms with E-state index in [0.29, 0.717) is 50.0 Å². The van der Waals surface area contributed by atoms with Gasteiger partial charge in [0.1, 0.15) is 17.6 Å². The molecule has 0 spiro atoms. The Balaban J connectivity index is 1.73. The van der Waals surface area contributed by atoms with Crippen molar-refractivity contribution >= 4 is 63.3 Å². The highest BCUT2D eigenvalue weighted by Crippen LogP contribution is 2.38. The predicted molar refractivity (Wildman–Crippen MR) is 154 cm³/mol. The zero-order chi connectivity index (χ0) is 27.4. The summed E-state index contributed by atoms with van der Waals surface area (Å²) in [5, 5.41) is 7.09. The van der Waals surface area contributed by atoms with E-state index in [0.717, 1.165) is 18.8 Å². The van der Waals surface area contributed by atoms with Crippen molar-refractivity contribution in [3.05, 3.63) is 65.6 Å². The normalized spacial score (nSPS) is 11.0. The van der Waals surface area contributed by atoms with Gasteiger partial charge in [0, 0.05) is 31.2 Å². The number of ether oxygens (including phenoxy) is 1. The van der Waals surface area contributed by atoms with Crippen molar-refractivity contribution in [3.8, 4) is 11.4 Å². The summed E-state index contributed by atoms with van der Waals surface area (Å²) in [6.07, 6.45) is 4.46. The topological polar surface area (TPSA) is 100 Å². The smallest absolute Gasteiger partial charge is 0.247 e. The quantitative estimate of drug-likeness (QED) is 0.264. The Bertz CT molecular complexity index is 1490. The van der Waals surface area contributed by atoms with E-state index in [1.54, 1.807) is 48.5 Å². The summed E-state index contributed by atoms with van der Waals surface area (Å²) in [4.78, 5) is 29.8. The van der Waals surface area contributed by atoms with E-state index in [1.807, 2.05) is 32.1 Å². The van der Waals surface area contributed by atoms with Gasteiger partial charge in [-0.05, 0) is 44.4 Å². The highest BCUT2D eigenvalue weighted by Gasteiger charge is 2.17. The molecular weight excluding hydrogens is 527 g/mol. The summed E-state index contributed by atoms with van der Waals surface area (Å²) < 4.78 is 7.44. The van der Waals surface area contributed by atoms with Crippen molar-refractivity contribution in [2.45, 2.75) is 0 Å². The lowest BCUT2D eigenvalue weighted by Gasteiger charge is -2.25. The number of fused-ring (bicyclic) bond motifs is 1. The number of benzene rings is 2. The predicted octanol–water partition coefficient (Wildman–Crippen LogP) is 5.00. The van der Waals surface area contributed by atoms with E-state index < -0.39 is 0 Å². The molecule has 0 aliphatic rings. The van der Waals surface area contributed by atoms with Crippen LogP contribution in [0.2, 0.25) is 10.0 Å². The Morgan fingerprint density at radius 2 is 1.92 bits per heavy atom. The molecule has 1 amide bonds. The molecule has 2 heterocycles. The van der Waals surface area contributed by atoms with Crippen LogP contribution in [-0.4, -0.2) is 71.7 Å². The summed E-state index contributed by atoms with van der Waals surface area (Å²) >= 11 is 12.5. The second-order valence-corrected chi connectivity index (χ2v) is 9.57. The second-order valence-electron chi connectivity index (χ2n) is 8.73. The van der Waals surface area contributed by atoms with E-state index in [9.17, 15) is 4.79 Å². The lowest BCUT2D eigenvalue weighted by Crippen LogP contribution is -2.29. The molecule has 10 nitrogen and oxygen atoms in total. The number of amides is 1. The standard InChI is InChI=1S/C26H28Cl2N8O2/c1-6-24(37)31-18-12-19(23(38-5)13-22(18)35(4)10-9-34(2)3)32-26-29-14-20-25(33-26)36(15-30-20)21-8-7-16(27)11-17(21)28/h6-8,11-15H,1,9-10H2,2-5H3,(H,31,37)(H,29,32,33). The first-order valence-corrected chi connectivity index (χ1v) is 12.4. The van der Waals surface area contributed by atoms with Gasteiger partial charge in [-0.3, -0.25) is 9.36 Å². The third-order valence-corrected chi connectivity index (χ3v) is 6.30. The van der Waals surface area contributed by atoms with Gasteiger partial charge in [-0.1, -0.05) is 29.8 Å². The van der Waals surface area contributed by atoms with E-state index in [2.05, 4.69) is 37.1 Å². The minimum Gasteiger partial charge on any atom is -0.494 e. The number of likely N-dealkylation sites (N-methyl/N-ethyl adjacent to an activating group) is 2. The fraction of sp³-hybridized carbons (Fsp3) is 0.231. The van der Waals surface area contributed by atoms with Gasteiger partial charge in [-0.15, -0.1) is 0 Å². The van der Waals surface area contributed by atoms with Gasteiger partial charge >= 0.3 is 0 Å². The number of nitrogens with one attached hydrogen (secondary N) is 2. The van der Waals surface area contributed by atoms with Crippen LogP contribution >= 0.6 is 23.2 Å². The zero-order valence-corrected chi connectivity index (χ0v) is 23.0. The van der Waals surface area contributed by atoms with Crippen LogP contribution in [0.1, 0.15) is 0 Å². The van der Waals surface area contributed by atoms with Gasteiger partial charge in [-0.25, -0.2) is 9.97 Å². The Kier molecular flexibility index (Phi) is 8.35. The first-order valence-electron chi connectivity index (χ1n) is 11.6. The summed E-state index contributed by atoms with van der Waals surface area (Å²) in [6.45, 7) is 5.12. The van der Waals surface area contributed by atoms with E-state index in [-0.39, 0.29) is 5.91 Å². The highest BCUT2D eigenvalue weighted by atomic mass is 35.5. The third kappa shape index (κ3) is 5.99. The lowest BCUT2D eigenvalue weighted by atomic mass is 10.2. The molecule has 0 aliphatic heterocycles. The largest absolute Gasteiger partial charge is 0.494 e. The molecule has 198 valence electrons. The Labute approximate surface area is 230 Å². The van der Waals surface area contributed by atoms with Crippen LogP contribution in [0.3, 0.4) is 0 Å². The molecule has 2 aromatic heterocycles. The molecular formula is C26H28Cl2N8O2. The molecule has 0 fully saturated rings. The second kappa shape index (κ2) is 11.7. The van der Waals surface area contributed by atoms with Crippen LogP contribution in [0, 0.1) is 0 Å². The van der Waals surface area contributed by atoms with Crippen molar-refractivity contribution in [2.75, 3.05) is 56.9 Å². The van der Waals surface area contributed by atoms with Gasteiger partial charge in [0.05, 0.1) is 41.1 Å². The minimum absolute atomic E-state index is 0.303. The number of rotatable bonds is 10. The van der Waals surface area contributed by atoms with Gasteiger partial charge in [-0.2, -0.15) is 4.98 Å². The van der Waals surface area contributed by atoms with Crippen LogP contribution in [0.4, 0.5) is 23.0 Å². The first kappa shape index (κ1) is 27.2. The van der Waals surface area contributed by atoms with Crippen LogP contribution in [0.15, 0.2) is 55.5 Å². The number of carbonyl (C=O) groups is 1. The fourth-order valence-corrected chi connectivity index (χ4v) is 4.25. The van der Waals surface area contributed by atoms with Crippen molar-refractivity contribution in [1.29, 1.82) is 0 Å². The van der Waals surface area contributed by atoms with Gasteiger partial charge in [0.15, 0.2) is 5.65 Å². The summed E-state index contributed by atoms with van der Waals surface area (Å²) in [5.74, 6) is 0.522. The molecule has 4 rings (SSSR count). The zero-order valence-electron chi connectivity index (χ0n) is 21.5. The number of anilines is 4. The average molecular weight is 555 g/mol. The van der Waals surface area contributed by atoms with Gasteiger partial charge in [0.2, 0.25) is 11.9 Å². The highest BCUT2D eigenvalue weighted by molar-refractivity contribution is 6.35. The molecule has 0 aliphatic carbocycles. The summed E-state index contributed by atoms with van der Waals surface area (Å²) in [6, 6.07) is 8.83. The molecule has 0 atom stereocenters. The number of hydrogen-bond acceptors (Lipinski definition) is 8. The Morgan fingerprint density at radius 3 is 2.61 bits per heavy atom. The van der Waals surface area contributed by atoms with Crippen molar-refractivity contribution in [3.63, 3.8) is 0 Å². The molecule has 2 aromatic carbocycles. The molecule has 0 unspecified atom stereocenters. The number of aromatic nitrogens is 4. The van der Waals surface area contributed by atoms with Crippen LogP contribution < -0.4 is 20.3 Å². The molecule has 0 saturated heterocycles. The first-order chi connectivity index (χ1) is 18.2. The van der Waals surface area contributed by atoms with Gasteiger partial charge < -0.3 is 25.2 Å². The Morgan fingerprint density at radius 1 is 1.13 bits per heavy atom. The molecule has 2 N–H and O–H groups in total. The maximum absolute atomic E-state index is 12.2. The number of methoxy groups -OCH3 is 1. The number of imidazole rings is 1. The lowest BCUT2D eigenvalue weighted by molar-refractivity contribution is -0.111. The van der Waals surface area contributed by atoms with E-state index >= 15 is 0 Å². The Hall–Kier alpha value is -3.86. The SMILES string of the molecule is C=CC(=O)Nc1cc(Nc2ncc3ncn(-c4ccc(Cl)cc4Cl)c3n2)c(OC)cc1N(C)CCN(C)C. The molecule has 0 saturated carbocycles. The number of hydrogen-bond donors (Lipinski definition) is 2. The van der Waals surface area contributed by atoms with E-state index in [1.165, 1.54) is 6.08 Å². The fourth-order valence-electron chi connectivity index (χ4n) is 3.75. The van der Waals surface area contributed by atoms with Crippen molar-refractivity contribution in [2.24, 2.45) is 0 Å². The maximum atomic E-state index is 12.2. The van der Waals surface area contributed by atoms with Crippen molar-refractivity contribution in [1.82, 2.24) is 24.4 Å². The monoisotopic (exact) mass is 554 g/mol. The molecule has 12 heteroatoms. The molecule has 4 aromatic rings. The maximum Gasteiger partial charge on any atom is 0.247 e. The molecule has 0 bridgehead atoms. The third-order valence-electron chi connectivity index (χ3n) is 5.76. The average Bonchev–Trinajstić information content (AvgIpc) is 3.30. The van der Waals surface area contributed by atoms with E-state index in [4.69, 9.17) is 27.9 Å². The number of nitrogens with zero attached hydrogens (tertiary/aromatic N) is 6. The van der Waals surface area contributed by atoms with Crippen LogP contribution in [0.25, 0.3) is 16.9 Å². The van der Waals surface area contributed by atoms with Gasteiger partial charge in [0.25, 0.3) is 0 Å². The summed E-state index contributed by atoms with van der Waals surface area (Å²) in [7, 11) is 7.54. The summed E-state index contributed by atoms with van der Waals surface area (Å²) in [5.41, 5.74) is 3.75. The molecule has 0 radical (unpaired) electrons. The van der Waals surface area contributed by atoms with Crippen molar-refractivity contribution < 1.29 is 9.53 Å². The van der Waals surface area contributed by atoms with Crippen LogP contribution in [0.5, 0.6) is 5.75 Å². The number of carbonyl (C=O) groups excluding carboxylic acids is 1. The van der Waals surface area contributed by atoms with Crippen LogP contribution in [-0.2, 0) is 4.79 Å². The molecule has 38 heavy (non-hydrogen) atoms. The minimum atomic E-state index is -0.329. The number of halogens is 2.